The molecule has 33 heavy (non-hydrogen) atoms. The summed E-state index contributed by atoms with van der Waals surface area (Å²) >= 11 is 0. The number of unbranched alkanes of at least 4 members (excludes halogenated alkanes) is 10. The molecule has 1 aromatic heterocycles. The number of aromatic nitrogens is 2. The summed E-state index contributed by atoms with van der Waals surface area (Å²) in [6, 6.07) is 5.00. The fraction of sp³-hybridized carbons (Fsp3) is 0.593. The van der Waals surface area contributed by atoms with Crippen molar-refractivity contribution in [3.05, 3.63) is 46.6 Å². The van der Waals surface area contributed by atoms with Crippen LogP contribution in [0.1, 0.15) is 123 Å². The molecular weight excluding hydrogens is 416 g/mol. The maximum absolute atomic E-state index is 13.1. The molecule has 0 unspecified atom stereocenters. The van der Waals surface area contributed by atoms with Crippen LogP contribution in [0.15, 0.2) is 24.4 Å². The number of H-pyrrole nitrogens is 1. The Bertz CT molecular complexity index is 846. The summed E-state index contributed by atoms with van der Waals surface area (Å²) in [5, 5.41) is 16.3. The van der Waals surface area contributed by atoms with Gasteiger partial charge in [-0.25, -0.2) is 9.59 Å². The van der Waals surface area contributed by atoms with Gasteiger partial charge in [0.05, 0.1) is 11.1 Å². The number of aromatic carboxylic acids is 1. The minimum absolute atomic E-state index is 0.00298. The van der Waals surface area contributed by atoms with Crippen molar-refractivity contribution in [3.8, 4) is 5.88 Å². The lowest BCUT2D eigenvalue weighted by Crippen LogP contribution is -2.19. The van der Waals surface area contributed by atoms with Crippen molar-refractivity contribution in [1.29, 1.82) is 0 Å². The molecule has 0 aliphatic carbocycles. The van der Waals surface area contributed by atoms with E-state index in [1.807, 2.05) is 6.07 Å². The van der Waals surface area contributed by atoms with Gasteiger partial charge < -0.3 is 9.84 Å². The van der Waals surface area contributed by atoms with Crippen molar-refractivity contribution < 1.29 is 19.4 Å². The molecule has 0 saturated carbocycles. The average Bonchev–Trinajstić information content (AvgIpc) is 3.31. The van der Waals surface area contributed by atoms with Crippen LogP contribution in [0, 0.1) is 0 Å². The molecule has 0 aliphatic heterocycles. The number of aromatic amines is 1. The lowest BCUT2D eigenvalue weighted by molar-refractivity contribution is 0.0664. The van der Waals surface area contributed by atoms with Gasteiger partial charge in [-0.3, -0.25) is 5.10 Å². The first-order chi connectivity index (χ1) is 16.1. The number of hydrogen-bond donors (Lipinski definition) is 2. The van der Waals surface area contributed by atoms with Gasteiger partial charge in [-0.15, -0.1) is 5.10 Å². The SMILES string of the molecule is CCCCCCCCc1ccc(C(=O)O)c(C(=O)Oc2cc[nH]n2)c1CCCCCCCC. The maximum Gasteiger partial charge on any atom is 0.346 e. The van der Waals surface area contributed by atoms with Crippen LogP contribution >= 0.6 is 0 Å². The number of carboxylic acids is 1. The van der Waals surface area contributed by atoms with Gasteiger partial charge in [0.2, 0.25) is 5.88 Å². The second-order valence-electron chi connectivity index (χ2n) is 8.77. The van der Waals surface area contributed by atoms with Gasteiger partial charge in [0.15, 0.2) is 0 Å². The zero-order valence-electron chi connectivity index (χ0n) is 20.3. The molecule has 0 bridgehead atoms. The Kier molecular flexibility index (Phi) is 12.3. The zero-order valence-corrected chi connectivity index (χ0v) is 20.3. The van der Waals surface area contributed by atoms with E-state index in [-0.39, 0.29) is 17.0 Å². The minimum atomic E-state index is -1.11. The molecule has 0 saturated heterocycles. The highest BCUT2D eigenvalue weighted by Gasteiger charge is 2.25. The average molecular weight is 457 g/mol. The van der Waals surface area contributed by atoms with Gasteiger partial charge in [0, 0.05) is 12.3 Å². The summed E-state index contributed by atoms with van der Waals surface area (Å²) in [7, 11) is 0. The summed E-state index contributed by atoms with van der Waals surface area (Å²) in [5.41, 5.74) is 2.09. The molecule has 0 fully saturated rings. The van der Waals surface area contributed by atoms with Crippen molar-refractivity contribution in [1.82, 2.24) is 10.2 Å². The Labute approximate surface area is 198 Å². The van der Waals surface area contributed by atoms with E-state index in [0.717, 1.165) is 49.7 Å². The number of ether oxygens (including phenoxy) is 1. The topological polar surface area (TPSA) is 92.3 Å². The number of benzene rings is 1. The molecule has 0 spiro atoms. The third kappa shape index (κ3) is 9.03. The molecule has 0 aliphatic rings. The molecular formula is C27H40N2O4. The van der Waals surface area contributed by atoms with E-state index in [4.69, 9.17) is 4.74 Å². The summed E-state index contributed by atoms with van der Waals surface area (Å²) in [6.45, 7) is 4.41. The second-order valence-corrected chi connectivity index (χ2v) is 8.77. The van der Waals surface area contributed by atoms with Crippen LogP contribution in [-0.4, -0.2) is 27.2 Å². The highest BCUT2D eigenvalue weighted by atomic mass is 16.5. The fourth-order valence-corrected chi connectivity index (χ4v) is 4.25. The molecule has 2 rings (SSSR count). The Morgan fingerprint density at radius 2 is 1.45 bits per heavy atom. The number of rotatable bonds is 17. The number of esters is 1. The lowest BCUT2D eigenvalue weighted by Gasteiger charge is -2.17. The lowest BCUT2D eigenvalue weighted by atomic mass is 9.89. The Morgan fingerprint density at radius 3 is 2.03 bits per heavy atom. The van der Waals surface area contributed by atoms with Crippen LogP contribution in [0.2, 0.25) is 0 Å². The second kappa shape index (κ2) is 15.3. The monoisotopic (exact) mass is 456 g/mol. The van der Waals surface area contributed by atoms with Crippen LogP contribution < -0.4 is 4.74 Å². The first-order valence-electron chi connectivity index (χ1n) is 12.7. The molecule has 0 atom stereocenters. The van der Waals surface area contributed by atoms with Gasteiger partial charge in [0.1, 0.15) is 0 Å². The van der Waals surface area contributed by atoms with Crippen LogP contribution in [0.4, 0.5) is 0 Å². The largest absolute Gasteiger partial charge is 0.478 e. The highest BCUT2D eigenvalue weighted by molar-refractivity contribution is 6.04. The summed E-state index contributed by atoms with van der Waals surface area (Å²) < 4.78 is 5.41. The molecule has 1 heterocycles. The number of hydrogen-bond acceptors (Lipinski definition) is 4. The molecule has 6 nitrogen and oxygen atoms in total. The molecule has 2 N–H and O–H groups in total. The highest BCUT2D eigenvalue weighted by Crippen LogP contribution is 2.26. The summed E-state index contributed by atoms with van der Waals surface area (Å²) in [5.74, 6) is -1.62. The van der Waals surface area contributed by atoms with Gasteiger partial charge in [-0.1, -0.05) is 84.1 Å². The Morgan fingerprint density at radius 1 is 0.848 bits per heavy atom. The van der Waals surface area contributed by atoms with E-state index >= 15 is 0 Å². The molecule has 0 amide bonds. The minimum Gasteiger partial charge on any atom is -0.478 e. The first-order valence-corrected chi connectivity index (χ1v) is 12.7. The number of carbonyl (C=O) groups is 2. The number of carboxylic acid groups (broad SMARTS) is 1. The number of nitrogens with one attached hydrogen (secondary N) is 1. The maximum atomic E-state index is 13.1. The van der Waals surface area contributed by atoms with Crippen molar-refractivity contribution in [3.63, 3.8) is 0 Å². The predicted molar refractivity (Wildman–Crippen MR) is 131 cm³/mol. The van der Waals surface area contributed by atoms with E-state index < -0.39 is 11.9 Å². The van der Waals surface area contributed by atoms with Gasteiger partial charge in [-0.05, 0) is 42.9 Å². The fourth-order valence-electron chi connectivity index (χ4n) is 4.25. The van der Waals surface area contributed by atoms with E-state index in [1.54, 1.807) is 18.3 Å². The Hall–Kier alpha value is -2.63. The van der Waals surface area contributed by atoms with Crippen molar-refractivity contribution in [2.75, 3.05) is 0 Å². The normalized spacial score (nSPS) is 11.0. The zero-order chi connectivity index (χ0) is 23.9. The summed E-state index contributed by atoms with van der Waals surface area (Å²) in [6.07, 6.45) is 17.0. The third-order valence-corrected chi connectivity index (χ3v) is 6.10. The smallest absolute Gasteiger partial charge is 0.346 e. The molecule has 182 valence electrons. The number of nitrogens with zero attached hydrogens (tertiary/aromatic N) is 1. The molecule has 2 aromatic rings. The summed E-state index contributed by atoms with van der Waals surface area (Å²) in [4.78, 5) is 25.1. The van der Waals surface area contributed by atoms with E-state index in [2.05, 4.69) is 24.0 Å². The Balaban J connectivity index is 2.22. The van der Waals surface area contributed by atoms with Crippen LogP contribution in [0.3, 0.4) is 0 Å². The number of carbonyl (C=O) groups excluding carboxylic acids is 1. The standard InChI is InChI=1S/C27H40N2O4/c1-3-5-7-9-11-13-15-21-17-18-23(26(30)31)25(27(32)33-24-19-20-28-29-24)22(21)16-14-12-10-8-6-4-2/h17-20H,3-16H2,1-2H3,(H,28,29)(H,30,31). The van der Waals surface area contributed by atoms with Gasteiger partial charge >= 0.3 is 11.9 Å². The van der Waals surface area contributed by atoms with Crippen molar-refractivity contribution in [2.24, 2.45) is 0 Å². The van der Waals surface area contributed by atoms with Crippen LogP contribution in [-0.2, 0) is 12.8 Å². The molecule has 1 aromatic carbocycles. The van der Waals surface area contributed by atoms with Crippen LogP contribution in [0.5, 0.6) is 5.88 Å². The van der Waals surface area contributed by atoms with E-state index in [1.165, 1.54) is 44.9 Å². The van der Waals surface area contributed by atoms with Gasteiger partial charge in [0.25, 0.3) is 0 Å². The number of aryl methyl sites for hydroxylation is 1. The van der Waals surface area contributed by atoms with Gasteiger partial charge in [-0.2, -0.15) is 0 Å². The van der Waals surface area contributed by atoms with Crippen LogP contribution in [0.25, 0.3) is 0 Å². The first kappa shape index (κ1) is 26.6. The molecule has 0 radical (unpaired) electrons. The van der Waals surface area contributed by atoms with E-state index in [9.17, 15) is 14.7 Å². The van der Waals surface area contributed by atoms with Crippen molar-refractivity contribution in [2.45, 2.75) is 104 Å². The van der Waals surface area contributed by atoms with E-state index in [0.29, 0.717) is 6.42 Å². The van der Waals surface area contributed by atoms with Crippen molar-refractivity contribution >= 4 is 11.9 Å². The quantitative estimate of drug-likeness (QED) is 0.195. The molecule has 6 heteroatoms. The predicted octanol–water partition coefficient (Wildman–Crippen LogP) is 7.13. The third-order valence-electron chi connectivity index (χ3n) is 6.10.